The van der Waals surface area contributed by atoms with Gasteiger partial charge in [0.05, 0.1) is 29.5 Å². The highest BCUT2D eigenvalue weighted by atomic mass is 32.1. The molecule has 5 nitrogen and oxygen atoms in total. The molecule has 0 unspecified atom stereocenters. The van der Waals surface area contributed by atoms with Gasteiger partial charge in [-0.15, -0.1) is 0 Å². The number of para-hydroxylation sites is 1. The van der Waals surface area contributed by atoms with Crippen LogP contribution in [0.25, 0.3) is 0 Å². The summed E-state index contributed by atoms with van der Waals surface area (Å²) in [6.45, 7) is 6.01. The normalized spacial score (nSPS) is 13.7. The molecule has 0 fully saturated rings. The highest BCUT2D eigenvalue weighted by Gasteiger charge is 2.32. The standard InChI is InChI=1S/C26H35N3O2S/c1-6-26(7-2,25(32)27(3)4)18-20-12-14-21(15-13-20)31-17-16-29-19-28(5)23-11-9-8-10-22(23)24(29)30/h8-15H,6-7,16-19H2,1-5H3. The molecule has 1 aliphatic rings. The summed E-state index contributed by atoms with van der Waals surface area (Å²) in [6.07, 6.45) is 2.95. The van der Waals surface area contributed by atoms with Crippen LogP contribution in [0.1, 0.15) is 42.6 Å². The number of anilines is 1. The molecule has 0 bridgehead atoms. The Balaban J connectivity index is 1.58. The van der Waals surface area contributed by atoms with E-state index in [0.717, 1.165) is 41.3 Å². The van der Waals surface area contributed by atoms with Crippen LogP contribution >= 0.6 is 12.2 Å². The van der Waals surface area contributed by atoms with Gasteiger partial charge in [-0.3, -0.25) is 4.79 Å². The van der Waals surface area contributed by atoms with Gasteiger partial charge in [0.1, 0.15) is 12.4 Å². The van der Waals surface area contributed by atoms with E-state index in [1.165, 1.54) is 5.56 Å². The van der Waals surface area contributed by atoms with Crippen molar-refractivity contribution >= 4 is 28.8 Å². The fourth-order valence-electron chi connectivity index (χ4n) is 4.45. The number of amides is 1. The first-order valence-electron chi connectivity index (χ1n) is 11.3. The molecule has 0 saturated carbocycles. The van der Waals surface area contributed by atoms with Crippen LogP contribution in [-0.4, -0.2) is 61.7 Å². The van der Waals surface area contributed by atoms with E-state index in [4.69, 9.17) is 17.0 Å². The molecule has 0 atom stereocenters. The van der Waals surface area contributed by atoms with Gasteiger partial charge in [-0.2, -0.15) is 0 Å². The number of hydrogen-bond donors (Lipinski definition) is 0. The van der Waals surface area contributed by atoms with Crippen molar-refractivity contribution in [2.75, 3.05) is 45.9 Å². The maximum Gasteiger partial charge on any atom is 0.257 e. The van der Waals surface area contributed by atoms with Crippen molar-refractivity contribution in [3.05, 3.63) is 59.7 Å². The van der Waals surface area contributed by atoms with E-state index >= 15 is 0 Å². The first-order valence-corrected chi connectivity index (χ1v) is 11.7. The van der Waals surface area contributed by atoms with Crippen LogP contribution in [0.2, 0.25) is 0 Å². The van der Waals surface area contributed by atoms with Gasteiger partial charge in [0.2, 0.25) is 0 Å². The highest BCUT2D eigenvalue weighted by Crippen LogP contribution is 2.34. The molecular weight excluding hydrogens is 418 g/mol. The third-order valence-electron chi connectivity index (χ3n) is 6.52. The Labute approximate surface area is 198 Å². The van der Waals surface area contributed by atoms with Gasteiger partial charge in [0.25, 0.3) is 5.91 Å². The van der Waals surface area contributed by atoms with Crippen LogP contribution in [0, 0.1) is 5.41 Å². The van der Waals surface area contributed by atoms with Crippen LogP contribution in [0.5, 0.6) is 5.75 Å². The van der Waals surface area contributed by atoms with Gasteiger partial charge in [-0.1, -0.05) is 50.3 Å². The molecule has 32 heavy (non-hydrogen) atoms. The zero-order valence-electron chi connectivity index (χ0n) is 19.9. The molecule has 2 aromatic carbocycles. The molecule has 6 heteroatoms. The van der Waals surface area contributed by atoms with Gasteiger partial charge in [0.15, 0.2) is 0 Å². The van der Waals surface area contributed by atoms with E-state index in [1.807, 2.05) is 62.4 Å². The zero-order valence-corrected chi connectivity index (χ0v) is 20.7. The zero-order chi connectivity index (χ0) is 23.3. The van der Waals surface area contributed by atoms with E-state index in [9.17, 15) is 4.79 Å². The number of rotatable bonds is 9. The van der Waals surface area contributed by atoms with Crippen LogP contribution in [-0.2, 0) is 6.42 Å². The Morgan fingerprint density at radius 3 is 2.38 bits per heavy atom. The SMILES string of the molecule is CCC(CC)(Cc1ccc(OCCN2CN(C)c3ccccc3C2=O)cc1)C(=S)N(C)C. The topological polar surface area (TPSA) is 36.0 Å². The van der Waals surface area contributed by atoms with Gasteiger partial charge < -0.3 is 19.4 Å². The number of ether oxygens (including phenoxy) is 1. The molecule has 0 aromatic heterocycles. The number of nitrogens with zero attached hydrogens (tertiary/aromatic N) is 3. The maximum atomic E-state index is 12.8. The number of fused-ring (bicyclic) bond motifs is 1. The molecule has 1 amide bonds. The fraction of sp³-hybridized carbons (Fsp3) is 0.462. The second-order valence-corrected chi connectivity index (χ2v) is 9.17. The van der Waals surface area contributed by atoms with Gasteiger partial charge in [-0.05, 0) is 49.1 Å². The van der Waals surface area contributed by atoms with Crippen molar-refractivity contribution in [3.63, 3.8) is 0 Å². The fourth-order valence-corrected chi connectivity index (χ4v) is 4.81. The Morgan fingerprint density at radius 2 is 1.75 bits per heavy atom. The summed E-state index contributed by atoms with van der Waals surface area (Å²) < 4.78 is 5.96. The summed E-state index contributed by atoms with van der Waals surface area (Å²) in [4.78, 5) is 19.8. The van der Waals surface area contributed by atoms with Crippen LogP contribution in [0.15, 0.2) is 48.5 Å². The van der Waals surface area contributed by atoms with Crippen LogP contribution in [0.4, 0.5) is 5.69 Å². The summed E-state index contributed by atoms with van der Waals surface area (Å²) in [7, 11) is 6.07. The summed E-state index contributed by atoms with van der Waals surface area (Å²) in [5, 5.41) is 0. The lowest BCUT2D eigenvalue weighted by molar-refractivity contribution is 0.0718. The van der Waals surface area contributed by atoms with Crippen molar-refractivity contribution in [1.29, 1.82) is 0 Å². The maximum absolute atomic E-state index is 12.8. The second kappa shape index (κ2) is 10.3. The summed E-state index contributed by atoms with van der Waals surface area (Å²) in [6, 6.07) is 16.0. The molecule has 172 valence electrons. The molecule has 0 saturated heterocycles. The monoisotopic (exact) mass is 453 g/mol. The molecule has 0 spiro atoms. The van der Waals surface area contributed by atoms with Crippen molar-refractivity contribution in [2.24, 2.45) is 5.41 Å². The lowest BCUT2D eigenvalue weighted by Crippen LogP contribution is -2.46. The van der Waals surface area contributed by atoms with Crippen molar-refractivity contribution in [3.8, 4) is 5.75 Å². The first-order chi connectivity index (χ1) is 15.3. The number of carbonyl (C=O) groups excluding carboxylic acids is 1. The Bertz CT molecular complexity index is 938. The summed E-state index contributed by atoms with van der Waals surface area (Å²) in [5.74, 6) is 0.880. The van der Waals surface area contributed by atoms with Crippen molar-refractivity contribution < 1.29 is 9.53 Å². The minimum atomic E-state index is -0.00184. The number of carbonyl (C=O) groups is 1. The summed E-state index contributed by atoms with van der Waals surface area (Å²) >= 11 is 5.76. The Morgan fingerprint density at radius 1 is 1.09 bits per heavy atom. The molecule has 2 aromatic rings. The highest BCUT2D eigenvalue weighted by molar-refractivity contribution is 7.80. The van der Waals surface area contributed by atoms with E-state index in [2.05, 4.69) is 35.8 Å². The average Bonchev–Trinajstić information content (AvgIpc) is 2.81. The second-order valence-electron chi connectivity index (χ2n) is 8.78. The van der Waals surface area contributed by atoms with E-state index in [0.29, 0.717) is 19.8 Å². The molecule has 0 N–H and O–H groups in total. The van der Waals surface area contributed by atoms with Crippen molar-refractivity contribution in [2.45, 2.75) is 33.1 Å². The Hall–Kier alpha value is -2.60. The van der Waals surface area contributed by atoms with E-state index in [1.54, 1.807) is 0 Å². The molecule has 0 radical (unpaired) electrons. The van der Waals surface area contributed by atoms with Crippen LogP contribution in [0.3, 0.4) is 0 Å². The lowest BCUT2D eigenvalue weighted by Gasteiger charge is -2.36. The smallest absolute Gasteiger partial charge is 0.257 e. The van der Waals surface area contributed by atoms with Crippen molar-refractivity contribution in [1.82, 2.24) is 9.80 Å². The number of thiocarbonyl (C=S) groups is 1. The molecule has 1 aliphatic heterocycles. The third kappa shape index (κ3) is 5.07. The lowest BCUT2D eigenvalue weighted by atomic mass is 9.76. The first kappa shape index (κ1) is 24.1. The largest absolute Gasteiger partial charge is 0.492 e. The van der Waals surface area contributed by atoms with E-state index in [-0.39, 0.29) is 11.3 Å². The predicted molar refractivity (Wildman–Crippen MR) is 136 cm³/mol. The average molecular weight is 454 g/mol. The van der Waals surface area contributed by atoms with Gasteiger partial charge in [0, 0.05) is 26.6 Å². The molecular formula is C26H35N3O2S. The van der Waals surface area contributed by atoms with Gasteiger partial charge in [-0.25, -0.2) is 0 Å². The molecule has 3 rings (SSSR count). The van der Waals surface area contributed by atoms with E-state index < -0.39 is 0 Å². The van der Waals surface area contributed by atoms with Crippen LogP contribution < -0.4 is 9.64 Å². The number of hydrogen-bond acceptors (Lipinski definition) is 4. The molecule has 0 aliphatic carbocycles. The Kier molecular flexibility index (Phi) is 7.77. The quantitative estimate of drug-likeness (QED) is 0.507. The number of benzene rings is 2. The minimum absolute atomic E-state index is 0.00184. The summed E-state index contributed by atoms with van der Waals surface area (Å²) in [5.41, 5.74) is 2.98. The predicted octanol–water partition coefficient (Wildman–Crippen LogP) is 4.85. The third-order valence-corrected chi connectivity index (χ3v) is 7.32. The van der Waals surface area contributed by atoms with Gasteiger partial charge >= 0.3 is 0 Å². The minimum Gasteiger partial charge on any atom is -0.492 e. The molecule has 1 heterocycles.